The van der Waals surface area contributed by atoms with E-state index in [-0.39, 0.29) is 27.5 Å². The summed E-state index contributed by atoms with van der Waals surface area (Å²) in [6.45, 7) is 2.25. The van der Waals surface area contributed by atoms with E-state index in [2.05, 4.69) is 25.3 Å². The van der Waals surface area contributed by atoms with Crippen molar-refractivity contribution in [3.63, 3.8) is 0 Å². The molecule has 11 heteroatoms. The zero-order valence-electron chi connectivity index (χ0n) is 10.9. The molecule has 0 aliphatic rings. The molecular weight excluding hydrogens is 298 g/mol. The lowest BCUT2D eigenvalue weighted by molar-refractivity contribution is -0.387. The van der Waals surface area contributed by atoms with Gasteiger partial charge in [0.25, 0.3) is 5.56 Å². The van der Waals surface area contributed by atoms with Crippen LogP contribution in [0.1, 0.15) is 6.92 Å². The summed E-state index contributed by atoms with van der Waals surface area (Å²) < 4.78 is 0. The maximum atomic E-state index is 11.3. The first-order valence-corrected chi connectivity index (χ1v) is 6.61. The van der Waals surface area contributed by atoms with Crippen molar-refractivity contribution in [3.05, 3.63) is 32.9 Å². The predicted molar refractivity (Wildman–Crippen MR) is 76.2 cm³/mol. The van der Waals surface area contributed by atoms with Gasteiger partial charge >= 0.3 is 5.69 Å². The maximum Gasteiger partial charge on any atom is 0.343 e. The van der Waals surface area contributed by atoms with Crippen LogP contribution in [0.2, 0.25) is 0 Å². The second kappa shape index (κ2) is 6.17. The third kappa shape index (κ3) is 3.45. The summed E-state index contributed by atoms with van der Waals surface area (Å²) >= 11 is 0.831. The number of hydrogen-bond acceptors (Lipinski definition) is 9. The van der Waals surface area contributed by atoms with Crippen LogP contribution < -0.4 is 16.6 Å². The topological polar surface area (TPSA) is 153 Å². The molecule has 2 aromatic heterocycles. The Labute approximate surface area is 122 Å². The Balaban J connectivity index is 2.46. The van der Waals surface area contributed by atoms with Gasteiger partial charge in [0.2, 0.25) is 5.82 Å². The minimum Gasteiger partial charge on any atom is -0.383 e. The van der Waals surface area contributed by atoms with Gasteiger partial charge in [-0.05, 0) is 18.7 Å². The van der Waals surface area contributed by atoms with Gasteiger partial charge in [0, 0.05) is 12.6 Å². The average Bonchev–Trinajstić information content (AvgIpc) is 2.37. The van der Waals surface area contributed by atoms with E-state index in [0.717, 1.165) is 17.8 Å². The van der Waals surface area contributed by atoms with Crippen molar-refractivity contribution >= 4 is 29.1 Å². The maximum absolute atomic E-state index is 11.3. The highest BCUT2D eigenvalue weighted by Gasteiger charge is 2.24. The molecule has 2 heterocycles. The summed E-state index contributed by atoms with van der Waals surface area (Å²) in [5.41, 5.74) is 4.73. The van der Waals surface area contributed by atoms with E-state index >= 15 is 0 Å². The lowest BCUT2D eigenvalue weighted by atomic mass is 10.5. The van der Waals surface area contributed by atoms with Crippen LogP contribution in [-0.4, -0.2) is 31.4 Å². The molecule has 0 amide bonds. The van der Waals surface area contributed by atoms with Crippen molar-refractivity contribution < 1.29 is 4.92 Å². The molecule has 0 aliphatic carbocycles. The number of nitrogens with two attached hydrogens (primary N) is 1. The zero-order valence-corrected chi connectivity index (χ0v) is 11.7. The Kier molecular flexibility index (Phi) is 4.33. The summed E-state index contributed by atoms with van der Waals surface area (Å²) in [7, 11) is 0. The highest BCUT2D eigenvalue weighted by molar-refractivity contribution is 7.99. The normalized spacial score (nSPS) is 10.3. The lowest BCUT2D eigenvalue weighted by Crippen LogP contribution is -2.10. The van der Waals surface area contributed by atoms with E-state index < -0.39 is 10.5 Å². The fourth-order valence-electron chi connectivity index (χ4n) is 1.49. The number of nitrogens with zero attached hydrogens (tertiary/aromatic N) is 4. The third-order valence-electron chi connectivity index (χ3n) is 2.25. The number of H-pyrrole nitrogens is 1. The van der Waals surface area contributed by atoms with Crippen LogP contribution >= 0.6 is 11.8 Å². The second-order valence-electron chi connectivity index (χ2n) is 3.74. The van der Waals surface area contributed by atoms with E-state index in [1.807, 2.05) is 0 Å². The molecule has 10 nitrogen and oxygen atoms in total. The molecular formula is C10H11N7O3S. The summed E-state index contributed by atoms with van der Waals surface area (Å²) in [4.78, 5) is 35.9. The van der Waals surface area contributed by atoms with Crippen LogP contribution in [0, 0.1) is 10.1 Å². The fourth-order valence-corrected chi connectivity index (χ4v) is 2.35. The van der Waals surface area contributed by atoms with Gasteiger partial charge in [-0.25, -0.2) is 15.0 Å². The highest BCUT2D eigenvalue weighted by atomic mass is 32.2. The van der Waals surface area contributed by atoms with Crippen LogP contribution in [0.3, 0.4) is 0 Å². The monoisotopic (exact) mass is 309 g/mol. The van der Waals surface area contributed by atoms with E-state index in [1.54, 1.807) is 6.92 Å². The molecule has 0 bridgehead atoms. The van der Waals surface area contributed by atoms with Crippen LogP contribution in [0.15, 0.2) is 27.4 Å². The molecule has 0 saturated carbocycles. The van der Waals surface area contributed by atoms with Crippen molar-refractivity contribution in [3.8, 4) is 0 Å². The summed E-state index contributed by atoms with van der Waals surface area (Å²) in [5, 5.41) is 14.2. The molecule has 0 fully saturated rings. The summed E-state index contributed by atoms with van der Waals surface area (Å²) in [5.74, 6) is 0.121. The van der Waals surface area contributed by atoms with Crippen LogP contribution in [0.4, 0.5) is 17.3 Å². The quantitative estimate of drug-likeness (QED) is 0.312. The first kappa shape index (κ1) is 14.7. The van der Waals surface area contributed by atoms with Crippen LogP contribution in [0.5, 0.6) is 0 Å². The van der Waals surface area contributed by atoms with E-state index in [0.29, 0.717) is 6.54 Å². The molecule has 0 aliphatic heterocycles. The minimum atomic E-state index is -0.593. The predicted octanol–water partition coefficient (Wildman–Crippen LogP) is 0.633. The van der Waals surface area contributed by atoms with Gasteiger partial charge in [-0.1, -0.05) is 0 Å². The molecule has 0 atom stereocenters. The zero-order chi connectivity index (χ0) is 15.4. The SMILES string of the molecule is CCNc1ncnc(Sc2nc(N)cc(=O)[nH]2)c1[N+](=O)[O-]. The molecule has 21 heavy (non-hydrogen) atoms. The summed E-state index contributed by atoms with van der Waals surface area (Å²) in [6, 6.07) is 1.11. The highest BCUT2D eigenvalue weighted by Crippen LogP contribution is 2.34. The van der Waals surface area contributed by atoms with Crippen molar-refractivity contribution in [1.29, 1.82) is 0 Å². The number of hydrogen-bond donors (Lipinski definition) is 3. The first-order valence-electron chi connectivity index (χ1n) is 5.79. The van der Waals surface area contributed by atoms with Gasteiger partial charge in [-0.2, -0.15) is 0 Å². The number of rotatable bonds is 5. The molecule has 0 unspecified atom stereocenters. The number of nitro groups is 1. The van der Waals surface area contributed by atoms with Crippen molar-refractivity contribution in [2.75, 3.05) is 17.6 Å². The molecule has 2 rings (SSSR count). The van der Waals surface area contributed by atoms with Gasteiger partial charge in [-0.15, -0.1) is 0 Å². The van der Waals surface area contributed by atoms with Crippen LogP contribution in [0.25, 0.3) is 0 Å². The Morgan fingerprint density at radius 2 is 2.29 bits per heavy atom. The second-order valence-corrected chi connectivity index (χ2v) is 4.72. The molecule has 110 valence electrons. The number of aromatic nitrogens is 4. The molecule has 0 radical (unpaired) electrons. The lowest BCUT2D eigenvalue weighted by Gasteiger charge is -2.06. The number of anilines is 2. The molecule has 0 saturated heterocycles. The Morgan fingerprint density at radius 3 is 2.90 bits per heavy atom. The van der Waals surface area contributed by atoms with E-state index in [4.69, 9.17) is 5.73 Å². The molecule has 2 aromatic rings. The number of nitrogen functional groups attached to an aromatic ring is 1. The minimum absolute atomic E-state index is 0.0184. The number of nitrogens with one attached hydrogen (secondary N) is 2. The molecule has 4 N–H and O–H groups in total. The van der Waals surface area contributed by atoms with Crippen molar-refractivity contribution in [1.82, 2.24) is 19.9 Å². The Bertz CT molecular complexity index is 733. The van der Waals surface area contributed by atoms with Gasteiger partial charge < -0.3 is 16.0 Å². The van der Waals surface area contributed by atoms with E-state index in [1.165, 1.54) is 6.33 Å². The van der Waals surface area contributed by atoms with Crippen LogP contribution in [-0.2, 0) is 0 Å². The third-order valence-corrected chi connectivity index (χ3v) is 3.13. The van der Waals surface area contributed by atoms with Crippen molar-refractivity contribution in [2.24, 2.45) is 0 Å². The Hall–Kier alpha value is -2.69. The largest absolute Gasteiger partial charge is 0.383 e. The van der Waals surface area contributed by atoms with E-state index in [9.17, 15) is 14.9 Å². The Morgan fingerprint density at radius 1 is 1.52 bits per heavy atom. The standard InChI is InChI=1S/C10H11N7O3S/c1-2-12-8-7(17(19)20)9(14-4-13-8)21-10-15-5(11)3-6(18)16-10/h3-4H,2H2,1H3,(H,12,13,14)(H3,11,15,16,18). The van der Waals surface area contributed by atoms with Gasteiger partial charge in [-0.3, -0.25) is 14.9 Å². The molecule has 0 spiro atoms. The first-order chi connectivity index (χ1) is 10.0. The summed E-state index contributed by atoms with van der Waals surface area (Å²) in [6.07, 6.45) is 1.19. The van der Waals surface area contributed by atoms with Crippen molar-refractivity contribution in [2.45, 2.75) is 17.1 Å². The fraction of sp³-hybridized carbons (Fsp3) is 0.200. The van der Waals surface area contributed by atoms with Gasteiger partial charge in [0.05, 0.1) is 4.92 Å². The molecule has 0 aromatic carbocycles. The smallest absolute Gasteiger partial charge is 0.343 e. The average molecular weight is 309 g/mol. The number of aromatic amines is 1. The van der Waals surface area contributed by atoms with Gasteiger partial charge in [0.15, 0.2) is 10.2 Å². The van der Waals surface area contributed by atoms with Gasteiger partial charge in [0.1, 0.15) is 12.1 Å².